The minimum absolute atomic E-state index is 0.167. The van der Waals surface area contributed by atoms with Crippen LogP contribution >= 0.6 is 15.9 Å². The summed E-state index contributed by atoms with van der Waals surface area (Å²) < 4.78 is 0. The quantitative estimate of drug-likeness (QED) is 0.438. The van der Waals surface area contributed by atoms with Gasteiger partial charge in [0, 0.05) is 4.83 Å². The van der Waals surface area contributed by atoms with Crippen molar-refractivity contribution >= 4 is 15.9 Å². The van der Waals surface area contributed by atoms with Crippen molar-refractivity contribution < 1.29 is 5.11 Å². The standard InChI is InChI=1S/C6H9BrO/c7-5-3-1-2-4-6(5)8/h1-2,5-6,8H,3-4H2/t5-,6-/m0/s1. The van der Waals surface area contributed by atoms with Gasteiger partial charge in [-0.05, 0) is 12.8 Å². The number of rotatable bonds is 0. The SMILES string of the molecule is O[C@H]1CC=CC[C@@H]1Br. The molecule has 2 atom stereocenters. The van der Waals surface area contributed by atoms with Crippen LogP contribution in [-0.2, 0) is 0 Å². The summed E-state index contributed by atoms with van der Waals surface area (Å²) in [7, 11) is 0. The fourth-order valence-electron chi connectivity index (χ4n) is 0.767. The molecule has 0 saturated carbocycles. The summed E-state index contributed by atoms with van der Waals surface area (Å²) in [6, 6.07) is 0. The fourth-order valence-corrected chi connectivity index (χ4v) is 1.20. The Hall–Kier alpha value is 0.180. The van der Waals surface area contributed by atoms with Crippen molar-refractivity contribution in [2.24, 2.45) is 0 Å². The van der Waals surface area contributed by atoms with Crippen molar-refractivity contribution in [3.8, 4) is 0 Å². The lowest BCUT2D eigenvalue weighted by Crippen LogP contribution is -2.21. The lowest BCUT2D eigenvalue weighted by molar-refractivity contribution is 0.172. The zero-order valence-corrected chi connectivity index (χ0v) is 6.13. The van der Waals surface area contributed by atoms with Gasteiger partial charge in [-0.25, -0.2) is 0 Å². The Bertz CT molecular complexity index is 88.7. The number of alkyl halides is 1. The molecule has 0 spiro atoms. The molecule has 0 radical (unpaired) electrons. The predicted octanol–water partition coefficient (Wildman–Crippen LogP) is 1.46. The maximum atomic E-state index is 9.08. The van der Waals surface area contributed by atoms with Crippen LogP contribution in [0.5, 0.6) is 0 Å². The van der Waals surface area contributed by atoms with Crippen LogP contribution in [0.1, 0.15) is 12.8 Å². The summed E-state index contributed by atoms with van der Waals surface area (Å²) in [5, 5.41) is 9.08. The van der Waals surface area contributed by atoms with Gasteiger partial charge in [-0.3, -0.25) is 0 Å². The molecule has 1 rings (SSSR count). The first-order chi connectivity index (χ1) is 3.80. The lowest BCUT2D eigenvalue weighted by atomic mass is 10.1. The summed E-state index contributed by atoms with van der Waals surface area (Å²) in [6.07, 6.45) is 5.70. The molecule has 0 bridgehead atoms. The molecule has 2 heteroatoms. The van der Waals surface area contributed by atoms with Crippen LogP contribution in [-0.4, -0.2) is 16.0 Å². The Morgan fingerprint density at radius 3 is 2.38 bits per heavy atom. The third-order valence-corrected chi connectivity index (χ3v) is 2.31. The normalized spacial score (nSPS) is 37.8. The van der Waals surface area contributed by atoms with E-state index in [0.717, 1.165) is 12.8 Å². The average Bonchev–Trinajstić information content (AvgIpc) is 1.77. The number of hydrogen-bond acceptors (Lipinski definition) is 1. The Morgan fingerprint density at radius 1 is 1.38 bits per heavy atom. The van der Waals surface area contributed by atoms with Gasteiger partial charge in [-0.1, -0.05) is 28.1 Å². The van der Waals surface area contributed by atoms with Crippen LogP contribution in [0.3, 0.4) is 0 Å². The van der Waals surface area contributed by atoms with Crippen LogP contribution in [0.25, 0.3) is 0 Å². The molecule has 1 nitrogen and oxygen atoms in total. The van der Waals surface area contributed by atoms with Gasteiger partial charge in [0.15, 0.2) is 0 Å². The molecule has 0 saturated heterocycles. The molecule has 0 aliphatic heterocycles. The number of halogens is 1. The van der Waals surface area contributed by atoms with E-state index in [0.29, 0.717) is 0 Å². The summed E-state index contributed by atoms with van der Waals surface area (Å²) >= 11 is 3.35. The molecule has 1 N–H and O–H groups in total. The molecule has 0 aromatic heterocycles. The van der Waals surface area contributed by atoms with E-state index in [2.05, 4.69) is 22.0 Å². The molecule has 0 heterocycles. The molecule has 8 heavy (non-hydrogen) atoms. The molecule has 1 aliphatic carbocycles. The maximum absolute atomic E-state index is 9.08. The molecular weight excluding hydrogens is 168 g/mol. The second-order valence-electron chi connectivity index (χ2n) is 2.03. The number of aliphatic hydroxyl groups is 1. The molecule has 1 aliphatic rings. The van der Waals surface area contributed by atoms with Crippen molar-refractivity contribution in [2.45, 2.75) is 23.8 Å². The van der Waals surface area contributed by atoms with Crippen LogP contribution in [0, 0.1) is 0 Å². The van der Waals surface area contributed by atoms with Crippen LogP contribution in [0.4, 0.5) is 0 Å². The van der Waals surface area contributed by atoms with E-state index in [1.54, 1.807) is 0 Å². The number of allylic oxidation sites excluding steroid dienone is 1. The monoisotopic (exact) mass is 176 g/mol. The van der Waals surface area contributed by atoms with Gasteiger partial charge in [0.25, 0.3) is 0 Å². The number of aliphatic hydroxyl groups excluding tert-OH is 1. The summed E-state index contributed by atoms with van der Waals surface area (Å²) in [4.78, 5) is 0.285. The summed E-state index contributed by atoms with van der Waals surface area (Å²) in [6.45, 7) is 0. The Labute approximate surface area is 57.5 Å². The van der Waals surface area contributed by atoms with Crippen LogP contribution in [0.2, 0.25) is 0 Å². The molecular formula is C6H9BrO. The molecule has 0 unspecified atom stereocenters. The van der Waals surface area contributed by atoms with E-state index in [1.807, 2.05) is 6.08 Å². The van der Waals surface area contributed by atoms with E-state index < -0.39 is 0 Å². The highest BCUT2D eigenvalue weighted by Crippen LogP contribution is 2.18. The Kier molecular flexibility index (Phi) is 2.08. The minimum atomic E-state index is -0.167. The minimum Gasteiger partial charge on any atom is -0.392 e. The van der Waals surface area contributed by atoms with Gasteiger partial charge < -0.3 is 5.11 Å². The first-order valence-corrected chi connectivity index (χ1v) is 3.69. The van der Waals surface area contributed by atoms with E-state index in [-0.39, 0.29) is 10.9 Å². The first-order valence-electron chi connectivity index (χ1n) is 2.78. The molecule has 0 aromatic rings. The second-order valence-corrected chi connectivity index (χ2v) is 3.20. The van der Waals surface area contributed by atoms with Crippen molar-refractivity contribution in [2.75, 3.05) is 0 Å². The smallest absolute Gasteiger partial charge is 0.0702 e. The highest BCUT2D eigenvalue weighted by molar-refractivity contribution is 9.09. The summed E-state index contributed by atoms with van der Waals surface area (Å²) in [5.41, 5.74) is 0. The van der Waals surface area contributed by atoms with Crippen LogP contribution in [0.15, 0.2) is 12.2 Å². The van der Waals surface area contributed by atoms with E-state index in [1.165, 1.54) is 0 Å². The van der Waals surface area contributed by atoms with Gasteiger partial charge in [0.1, 0.15) is 0 Å². The lowest BCUT2D eigenvalue weighted by Gasteiger charge is -2.17. The largest absolute Gasteiger partial charge is 0.392 e. The van der Waals surface area contributed by atoms with Crippen LogP contribution < -0.4 is 0 Å². The zero-order chi connectivity index (χ0) is 5.98. The van der Waals surface area contributed by atoms with E-state index in [9.17, 15) is 0 Å². The Morgan fingerprint density at radius 2 is 2.00 bits per heavy atom. The van der Waals surface area contributed by atoms with Crippen molar-refractivity contribution in [1.82, 2.24) is 0 Å². The molecule has 46 valence electrons. The van der Waals surface area contributed by atoms with Gasteiger partial charge in [0.05, 0.1) is 6.10 Å². The second kappa shape index (κ2) is 2.65. The van der Waals surface area contributed by atoms with Gasteiger partial charge >= 0.3 is 0 Å². The molecule has 0 amide bonds. The van der Waals surface area contributed by atoms with Gasteiger partial charge in [-0.2, -0.15) is 0 Å². The fraction of sp³-hybridized carbons (Fsp3) is 0.667. The van der Waals surface area contributed by atoms with Gasteiger partial charge in [0.2, 0.25) is 0 Å². The van der Waals surface area contributed by atoms with E-state index in [4.69, 9.17) is 5.11 Å². The van der Waals surface area contributed by atoms with Crippen molar-refractivity contribution in [1.29, 1.82) is 0 Å². The highest BCUT2D eigenvalue weighted by atomic mass is 79.9. The summed E-state index contributed by atoms with van der Waals surface area (Å²) in [5.74, 6) is 0. The molecule has 0 fully saturated rings. The maximum Gasteiger partial charge on any atom is 0.0702 e. The average molecular weight is 177 g/mol. The third-order valence-electron chi connectivity index (χ3n) is 1.32. The highest BCUT2D eigenvalue weighted by Gasteiger charge is 2.15. The van der Waals surface area contributed by atoms with Crippen molar-refractivity contribution in [3.63, 3.8) is 0 Å². The van der Waals surface area contributed by atoms with E-state index >= 15 is 0 Å². The third kappa shape index (κ3) is 1.33. The first kappa shape index (κ1) is 6.30. The molecule has 0 aromatic carbocycles. The van der Waals surface area contributed by atoms with Gasteiger partial charge in [-0.15, -0.1) is 0 Å². The zero-order valence-electron chi connectivity index (χ0n) is 4.55. The number of hydrogen-bond donors (Lipinski definition) is 1. The predicted molar refractivity (Wildman–Crippen MR) is 37.1 cm³/mol. The Balaban J connectivity index is 2.44. The topological polar surface area (TPSA) is 20.2 Å². The van der Waals surface area contributed by atoms with Crippen molar-refractivity contribution in [3.05, 3.63) is 12.2 Å².